The average Bonchev–Trinajstić information content (AvgIpc) is 2.91. The Kier molecular flexibility index (Phi) is 8.65. The molecule has 0 aliphatic carbocycles. The van der Waals surface area contributed by atoms with Crippen molar-refractivity contribution in [3.8, 4) is 5.75 Å². The van der Waals surface area contributed by atoms with Gasteiger partial charge in [-0.2, -0.15) is 13.2 Å². The lowest BCUT2D eigenvalue weighted by molar-refractivity contribution is -0.141. The van der Waals surface area contributed by atoms with Gasteiger partial charge in [-0.25, -0.2) is 17.2 Å². The van der Waals surface area contributed by atoms with Gasteiger partial charge in [-0.3, -0.25) is 9.10 Å². The molecular weight excluding hydrogens is 593 g/mol. The lowest BCUT2D eigenvalue weighted by atomic mass is 10.0. The minimum absolute atomic E-state index is 0.0554. The Labute approximate surface area is 238 Å². The van der Waals surface area contributed by atoms with Gasteiger partial charge < -0.3 is 9.47 Å². The molecule has 6 nitrogen and oxygen atoms in total. The summed E-state index contributed by atoms with van der Waals surface area (Å²) in [6.07, 6.45) is -4.71. The van der Waals surface area contributed by atoms with Crippen LogP contribution in [-0.4, -0.2) is 34.1 Å². The first-order valence-corrected chi connectivity index (χ1v) is 13.9. The molecule has 3 aromatic carbocycles. The SMILES string of the molecule is COC(=O)CCC1CN(S(=O)(=O)c2cccc(C(F)(F)F)c2)c2cc(C=C(C)c3c(F)cccc3Cl)cc(F)c2O1. The number of fused-ring (bicyclic) bond motifs is 1. The van der Waals surface area contributed by atoms with Gasteiger partial charge in [0.15, 0.2) is 11.6 Å². The quantitative estimate of drug-likeness (QED) is 0.161. The molecule has 0 amide bonds. The van der Waals surface area contributed by atoms with Crippen LogP contribution < -0.4 is 9.04 Å². The van der Waals surface area contributed by atoms with Crippen molar-refractivity contribution < 1.29 is 44.6 Å². The van der Waals surface area contributed by atoms with E-state index < -0.39 is 62.7 Å². The Bertz CT molecular complexity index is 1600. The highest BCUT2D eigenvalue weighted by Gasteiger charge is 2.38. The van der Waals surface area contributed by atoms with Crippen molar-refractivity contribution in [3.05, 3.63) is 87.9 Å². The number of halogens is 6. The zero-order valence-corrected chi connectivity index (χ0v) is 23.2. The van der Waals surface area contributed by atoms with Gasteiger partial charge in [0.1, 0.15) is 11.9 Å². The van der Waals surface area contributed by atoms with E-state index in [-0.39, 0.29) is 34.7 Å². The summed E-state index contributed by atoms with van der Waals surface area (Å²) in [5, 5.41) is 0.0997. The first kappa shape index (κ1) is 30.3. The fourth-order valence-electron chi connectivity index (χ4n) is 4.39. The summed E-state index contributed by atoms with van der Waals surface area (Å²) in [7, 11) is -3.53. The van der Waals surface area contributed by atoms with E-state index >= 15 is 4.39 Å². The summed E-state index contributed by atoms with van der Waals surface area (Å²) >= 11 is 6.14. The second-order valence-corrected chi connectivity index (χ2v) is 11.5. The number of carbonyl (C=O) groups is 1. The topological polar surface area (TPSA) is 72.9 Å². The maximum atomic E-state index is 15.4. The van der Waals surface area contributed by atoms with Crippen LogP contribution in [0, 0.1) is 11.6 Å². The number of hydrogen-bond donors (Lipinski definition) is 0. The van der Waals surface area contributed by atoms with Crippen LogP contribution in [0.2, 0.25) is 5.02 Å². The normalized spacial score (nSPS) is 15.8. The highest BCUT2D eigenvalue weighted by molar-refractivity contribution is 7.92. The number of allylic oxidation sites excluding steroid dienone is 1. The minimum Gasteiger partial charge on any atom is -0.483 e. The Balaban J connectivity index is 1.84. The molecule has 0 aromatic heterocycles. The summed E-state index contributed by atoms with van der Waals surface area (Å²) in [5.74, 6) is -2.70. The maximum Gasteiger partial charge on any atom is 0.416 e. The molecule has 0 bridgehead atoms. The van der Waals surface area contributed by atoms with Gasteiger partial charge in [0.05, 0.1) is 34.8 Å². The maximum absolute atomic E-state index is 15.4. The van der Waals surface area contributed by atoms with Gasteiger partial charge in [-0.1, -0.05) is 29.8 Å². The minimum atomic E-state index is -4.81. The van der Waals surface area contributed by atoms with E-state index in [0.29, 0.717) is 11.6 Å². The number of esters is 1. The monoisotopic (exact) mass is 615 g/mol. The molecule has 0 N–H and O–H groups in total. The van der Waals surface area contributed by atoms with Crippen LogP contribution in [0.5, 0.6) is 5.75 Å². The van der Waals surface area contributed by atoms with Crippen molar-refractivity contribution in [2.45, 2.75) is 36.9 Å². The van der Waals surface area contributed by atoms with Crippen molar-refractivity contribution >= 4 is 44.9 Å². The average molecular weight is 616 g/mol. The third-order valence-electron chi connectivity index (χ3n) is 6.36. The Morgan fingerprint density at radius 1 is 1.12 bits per heavy atom. The highest BCUT2D eigenvalue weighted by atomic mass is 35.5. The number of ether oxygens (including phenoxy) is 2. The van der Waals surface area contributed by atoms with Crippen LogP contribution in [0.3, 0.4) is 0 Å². The fraction of sp³-hybridized carbons (Fsp3) is 0.250. The number of alkyl halides is 3. The van der Waals surface area contributed by atoms with E-state index in [1.165, 1.54) is 37.3 Å². The molecule has 1 atom stereocenters. The lowest BCUT2D eigenvalue weighted by Gasteiger charge is -2.36. The number of rotatable bonds is 7. The molecule has 0 spiro atoms. The fourth-order valence-corrected chi connectivity index (χ4v) is 6.24. The van der Waals surface area contributed by atoms with E-state index in [1.54, 1.807) is 0 Å². The molecule has 13 heteroatoms. The molecule has 218 valence electrons. The van der Waals surface area contributed by atoms with Crippen LogP contribution in [0.25, 0.3) is 11.6 Å². The van der Waals surface area contributed by atoms with E-state index in [4.69, 9.17) is 16.3 Å². The lowest BCUT2D eigenvalue weighted by Crippen LogP contribution is -2.44. The van der Waals surface area contributed by atoms with Crippen molar-refractivity contribution in [2.24, 2.45) is 0 Å². The van der Waals surface area contributed by atoms with Gasteiger partial charge in [0, 0.05) is 12.0 Å². The molecular formula is C28H23ClF5NO5S. The smallest absolute Gasteiger partial charge is 0.416 e. The summed E-state index contributed by atoms with van der Waals surface area (Å²) in [6, 6.07) is 9.53. The predicted octanol–water partition coefficient (Wildman–Crippen LogP) is 7.11. The molecule has 3 aromatic rings. The van der Waals surface area contributed by atoms with Crippen LogP contribution in [0.4, 0.5) is 27.6 Å². The number of carbonyl (C=O) groups excluding carboxylic acids is 1. The van der Waals surface area contributed by atoms with Gasteiger partial charge >= 0.3 is 12.1 Å². The summed E-state index contributed by atoms with van der Waals surface area (Å²) < 4.78 is 109. The Morgan fingerprint density at radius 2 is 1.83 bits per heavy atom. The molecule has 4 rings (SSSR count). The molecule has 1 aliphatic rings. The third kappa shape index (κ3) is 6.48. The Hall–Kier alpha value is -3.64. The number of benzene rings is 3. The number of anilines is 1. The predicted molar refractivity (Wildman–Crippen MR) is 143 cm³/mol. The molecule has 1 aliphatic heterocycles. The second kappa shape index (κ2) is 11.7. The number of hydrogen-bond acceptors (Lipinski definition) is 5. The highest BCUT2D eigenvalue weighted by Crippen LogP contribution is 2.42. The molecule has 1 unspecified atom stereocenters. The van der Waals surface area contributed by atoms with Gasteiger partial charge in [-0.15, -0.1) is 0 Å². The first-order valence-electron chi connectivity index (χ1n) is 12.1. The zero-order chi connectivity index (χ0) is 30.1. The molecule has 0 fully saturated rings. The van der Waals surface area contributed by atoms with Gasteiger partial charge in [0.25, 0.3) is 10.0 Å². The number of sulfonamides is 1. The summed E-state index contributed by atoms with van der Waals surface area (Å²) in [4.78, 5) is 11.0. The first-order chi connectivity index (χ1) is 19.2. The Morgan fingerprint density at radius 3 is 2.49 bits per heavy atom. The zero-order valence-electron chi connectivity index (χ0n) is 21.6. The van der Waals surface area contributed by atoms with E-state index in [9.17, 15) is 30.8 Å². The van der Waals surface area contributed by atoms with E-state index in [2.05, 4.69) is 4.74 Å². The molecule has 41 heavy (non-hydrogen) atoms. The van der Waals surface area contributed by atoms with Crippen LogP contribution in [0.1, 0.15) is 36.5 Å². The largest absolute Gasteiger partial charge is 0.483 e. The number of nitrogens with zero attached hydrogens (tertiary/aromatic N) is 1. The number of methoxy groups -OCH3 is 1. The van der Waals surface area contributed by atoms with Gasteiger partial charge in [-0.05, 0) is 66.9 Å². The molecule has 1 heterocycles. The van der Waals surface area contributed by atoms with Crippen molar-refractivity contribution in [2.75, 3.05) is 18.0 Å². The van der Waals surface area contributed by atoms with Crippen LogP contribution in [-0.2, 0) is 25.7 Å². The molecule has 0 saturated carbocycles. The van der Waals surface area contributed by atoms with Crippen molar-refractivity contribution in [1.29, 1.82) is 0 Å². The van der Waals surface area contributed by atoms with Crippen molar-refractivity contribution in [3.63, 3.8) is 0 Å². The standard InChI is InChI=1S/C28H23ClF5NO5S/c1-16(26-21(29)7-4-8-22(26)30)11-17-12-23(31)27-24(13-17)35(15-19(40-27)9-10-25(36)39-2)41(37,38)20-6-3-5-18(14-20)28(32,33)34/h3-8,11-14,19H,9-10,15H2,1-2H3. The van der Waals surface area contributed by atoms with E-state index in [0.717, 1.165) is 35.7 Å². The summed E-state index contributed by atoms with van der Waals surface area (Å²) in [6.45, 7) is 1.09. The van der Waals surface area contributed by atoms with Crippen LogP contribution >= 0.6 is 11.6 Å². The van der Waals surface area contributed by atoms with Crippen molar-refractivity contribution in [1.82, 2.24) is 0 Å². The van der Waals surface area contributed by atoms with E-state index in [1.807, 2.05) is 0 Å². The summed E-state index contributed by atoms with van der Waals surface area (Å²) in [5.41, 5.74) is -1.00. The second-order valence-electron chi connectivity index (χ2n) is 9.19. The molecule has 0 radical (unpaired) electrons. The molecule has 0 saturated heterocycles. The van der Waals surface area contributed by atoms with Gasteiger partial charge in [0.2, 0.25) is 0 Å². The third-order valence-corrected chi connectivity index (χ3v) is 8.45. The van der Waals surface area contributed by atoms with Crippen LogP contribution in [0.15, 0.2) is 59.5 Å².